The zero-order chi connectivity index (χ0) is 14.4. The Kier molecular flexibility index (Phi) is 4.88. The molecule has 0 aliphatic rings. The van der Waals surface area contributed by atoms with Gasteiger partial charge in [0.1, 0.15) is 11.5 Å². The van der Waals surface area contributed by atoms with Crippen LogP contribution in [0.3, 0.4) is 0 Å². The van der Waals surface area contributed by atoms with Gasteiger partial charge >= 0.3 is 0 Å². The quantitative estimate of drug-likeness (QED) is 0.861. The Morgan fingerprint density at radius 1 is 1.10 bits per heavy atom. The molecule has 0 fully saturated rings. The maximum atomic E-state index is 5.63. The molecule has 0 heterocycles. The van der Waals surface area contributed by atoms with Crippen molar-refractivity contribution in [2.24, 2.45) is 0 Å². The molecule has 0 radical (unpaired) electrons. The number of hydrogen-bond acceptors (Lipinski definition) is 3. The van der Waals surface area contributed by atoms with Crippen LogP contribution in [0.5, 0.6) is 11.5 Å². The fourth-order valence-electron chi connectivity index (χ4n) is 2.10. The fraction of sp³-hybridized carbons (Fsp3) is 0.294. The van der Waals surface area contributed by atoms with Crippen LogP contribution >= 0.6 is 0 Å². The van der Waals surface area contributed by atoms with E-state index in [1.165, 1.54) is 5.56 Å². The Labute approximate surface area is 120 Å². The van der Waals surface area contributed by atoms with Gasteiger partial charge < -0.3 is 14.8 Å². The monoisotopic (exact) mass is 271 g/mol. The van der Waals surface area contributed by atoms with E-state index < -0.39 is 0 Å². The molecule has 0 amide bonds. The second-order valence-corrected chi connectivity index (χ2v) is 4.58. The molecule has 0 spiro atoms. The van der Waals surface area contributed by atoms with Gasteiger partial charge in [-0.1, -0.05) is 18.2 Å². The Hall–Kier alpha value is -2.16. The van der Waals surface area contributed by atoms with Crippen LogP contribution in [0.1, 0.15) is 18.1 Å². The molecule has 0 atom stereocenters. The van der Waals surface area contributed by atoms with Crippen molar-refractivity contribution in [2.45, 2.75) is 20.4 Å². The third kappa shape index (κ3) is 3.44. The van der Waals surface area contributed by atoms with Crippen LogP contribution in [0.2, 0.25) is 0 Å². The minimum Gasteiger partial charge on any atom is -0.497 e. The zero-order valence-corrected chi connectivity index (χ0v) is 12.3. The summed E-state index contributed by atoms with van der Waals surface area (Å²) in [6.45, 7) is 5.49. The maximum absolute atomic E-state index is 5.63. The lowest BCUT2D eigenvalue weighted by atomic mass is 10.1. The number of rotatable bonds is 6. The largest absolute Gasteiger partial charge is 0.497 e. The van der Waals surface area contributed by atoms with Crippen molar-refractivity contribution in [1.82, 2.24) is 0 Å². The van der Waals surface area contributed by atoms with Gasteiger partial charge in [-0.25, -0.2) is 0 Å². The SMILES string of the molecule is CCOc1ccccc1CNc1ccc(OC)cc1C. The van der Waals surface area contributed by atoms with Crippen molar-refractivity contribution in [1.29, 1.82) is 0 Å². The first-order valence-electron chi connectivity index (χ1n) is 6.83. The first kappa shape index (κ1) is 14.3. The lowest BCUT2D eigenvalue weighted by molar-refractivity contribution is 0.337. The maximum Gasteiger partial charge on any atom is 0.124 e. The number of methoxy groups -OCH3 is 1. The van der Waals surface area contributed by atoms with Gasteiger partial charge in [-0.15, -0.1) is 0 Å². The summed E-state index contributed by atoms with van der Waals surface area (Å²) in [6, 6.07) is 14.1. The van der Waals surface area contributed by atoms with Gasteiger partial charge in [-0.05, 0) is 43.7 Å². The first-order valence-corrected chi connectivity index (χ1v) is 6.83. The molecular formula is C17H21NO2. The second-order valence-electron chi connectivity index (χ2n) is 4.58. The normalized spacial score (nSPS) is 10.2. The Balaban J connectivity index is 2.09. The van der Waals surface area contributed by atoms with Crippen molar-refractivity contribution >= 4 is 5.69 Å². The number of hydrogen-bond donors (Lipinski definition) is 1. The summed E-state index contributed by atoms with van der Waals surface area (Å²) in [5, 5.41) is 3.44. The molecule has 3 nitrogen and oxygen atoms in total. The van der Waals surface area contributed by atoms with Gasteiger partial charge in [0, 0.05) is 17.8 Å². The highest BCUT2D eigenvalue weighted by molar-refractivity contribution is 5.54. The van der Waals surface area contributed by atoms with E-state index >= 15 is 0 Å². The van der Waals surface area contributed by atoms with Gasteiger partial charge in [-0.3, -0.25) is 0 Å². The molecule has 0 unspecified atom stereocenters. The Bertz CT molecular complexity index is 567. The average Bonchev–Trinajstić information content (AvgIpc) is 2.47. The van der Waals surface area contributed by atoms with Crippen LogP contribution in [-0.4, -0.2) is 13.7 Å². The van der Waals surface area contributed by atoms with Gasteiger partial charge in [0.05, 0.1) is 13.7 Å². The molecule has 106 valence electrons. The molecule has 0 bridgehead atoms. The third-order valence-electron chi connectivity index (χ3n) is 3.18. The van der Waals surface area contributed by atoms with Crippen LogP contribution in [-0.2, 0) is 6.54 Å². The number of ether oxygens (including phenoxy) is 2. The summed E-state index contributed by atoms with van der Waals surface area (Å²) in [5.74, 6) is 1.82. The number of aryl methyl sites for hydroxylation is 1. The van der Waals surface area contributed by atoms with E-state index in [1.54, 1.807) is 7.11 Å². The van der Waals surface area contributed by atoms with E-state index in [1.807, 2.05) is 43.3 Å². The minimum atomic E-state index is 0.679. The summed E-state index contributed by atoms with van der Waals surface area (Å²) in [6.07, 6.45) is 0. The molecule has 0 aliphatic carbocycles. The summed E-state index contributed by atoms with van der Waals surface area (Å²) in [5.41, 5.74) is 3.43. The third-order valence-corrected chi connectivity index (χ3v) is 3.18. The average molecular weight is 271 g/mol. The van der Waals surface area contributed by atoms with Crippen LogP contribution in [0.15, 0.2) is 42.5 Å². The highest BCUT2D eigenvalue weighted by atomic mass is 16.5. The van der Waals surface area contributed by atoms with E-state index in [4.69, 9.17) is 9.47 Å². The van der Waals surface area contributed by atoms with Crippen molar-refractivity contribution < 1.29 is 9.47 Å². The molecule has 0 aromatic heterocycles. The molecule has 0 aliphatic heterocycles. The Morgan fingerprint density at radius 2 is 1.90 bits per heavy atom. The topological polar surface area (TPSA) is 30.5 Å². The van der Waals surface area contributed by atoms with Crippen molar-refractivity contribution in [3.05, 3.63) is 53.6 Å². The van der Waals surface area contributed by atoms with Crippen LogP contribution < -0.4 is 14.8 Å². The van der Waals surface area contributed by atoms with Crippen molar-refractivity contribution in [3.8, 4) is 11.5 Å². The highest BCUT2D eigenvalue weighted by Gasteiger charge is 2.04. The Morgan fingerprint density at radius 3 is 2.60 bits per heavy atom. The van der Waals surface area contributed by atoms with Crippen LogP contribution in [0.25, 0.3) is 0 Å². The molecule has 1 N–H and O–H groups in total. The number of para-hydroxylation sites is 1. The van der Waals surface area contributed by atoms with Crippen molar-refractivity contribution in [3.63, 3.8) is 0 Å². The highest BCUT2D eigenvalue weighted by Crippen LogP contribution is 2.23. The molecular weight excluding hydrogens is 250 g/mol. The second kappa shape index (κ2) is 6.85. The summed E-state index contributed by atoms with van der Waals surface area (Å²) < 4.78 is 10.8. The van der Waals surface area contributed by atoms with Gasteiger partial charge in [0.2, 0.25) is 0 Å². The van der Waals surface area contributed by atoms with Crippen molar-refractivity contribution in [2.75, 3.05) is 19.0 Å². The molecule has 3 heteroatoms. The minimum absolute atomic E-state index is 0.679. The van der Waals surface area contributed by atoms with Crippen LogP contribution in [0.4, 0.5) is 5.69 Å². The lowest BCUT2D eigenvalue weighted by Gasteiger charge is -2.13. The molecule has 20 heavy (non-hydrogen) atoms. The smallest absolute Gasteiger partial charge is 0.124 e. The number of benzene rings is 2. The molecule has 2 aromatic carbocycles. The van der Waals surface area contributed by atoms with E-state index in [-0.39, 0.29) is 0 Å². The standard InChI is InChI=1S/C17H21NO2/c1-4-20-17-8-6-5-7-14(17)12-18-16-10-9-15(19-3)11-13(16)2/h5-11,18H,4,12H2,1-3H3. The number of nitrogens with one attached hydrogen (secondary N) is 1. The summed E-state index contributed by atoms with van der Waals surface area (Å²) in [4.78, 5) is 0. The number of anilines is 1. The van der Waals surface area contributed by atoms with E-state index in [0.717, 1.165) is 29.3 Å². The molecule has 0 saturated carbocycles. The van der Waals surface area contributed by atoms with E-state index in [2.05, 4.69) is 18.3 Å². The predicted molar refractivity (Wildman–Crippen MR) is 82.7 cm³/mol. The lowest BCUT2D eigenvalue weighted by Crippen LogP contribution is -2.04. The fourth-order valence-corrected chi connectivity index (χ4v) is 2.10. The summed E-state index contributed by atoms with van der Waals surface area (Å²) >= 11 is 0. The molecule has 2 rings (SSSR count). The summed E-state index contributed by atoms with van der Waals surface area (Å²) in [7, 11) is 1.68. The van der Waals surface area contributed by atoms with Gasteiger partial charge in [-0.2, -0.15) is 0 Å². The first-order chi connectivity index (χ1) is 9.74. The van der Waals surface area contributed by atoms with E-state index in [0.29, 0.717) is 6.61 Å². The van der Waals surface area contributed by atoms with Gasteiger partial charge in [0.25, 0.3) is 0 Å². The molecule has 0 saturated heterocycles. The molecule has 2 aromatic rings. The zero-order valence-electron chi connectivity index (χ0n) is 12.3. The van der Waals surface area contributed by atoms with Crippen LogP contribution in [0, 0.1) is 6.92 Å². The van der Waals surface area contributed by atoms with Gasteiger partial charge in [0.15, 0.2) is 0 Å². The predicted octanol–water partition coefficient (Wildman–Crippen LogP) is 4.01. The van der Waals surface area contributed by atoms with E-state index in [9.17, 15) is 0 Å².